The van der Waals surface area contributed by atoms with E-state index in [0.717, 1.165) is 19.3 Å². The van der Waals surface area contributed by atoms with E-state index < -0.39 is 0 Å². The Kier molecular flexibility index (Phi) is 12.2. The number of hydrogen-bond donors (Lipinski definition) is 1. The quantitative estimate of drug-likeness (QED) is 0.372. The fraction of sp³-hybridized carbons (Fsp3) is 0.636. The van der Waals surface area contributed by atoms with Gasteiger partial charge in [0, 0.05) is 12.1 Å². The molecule has 0 unspecified atom stereocenters. The van der Waals surface area contributed by atoms with Gasteiger partial charge in [-0.1, -0.05) is 70.9 Å². The van der Waals surface area contributed by atoms with Gasteiger partial charge in [0.15, 0.2) is 0 Å². The first kappa shape index (κ1) is 22.2. The van der Waals surface area contributed by atoms with Crippen LogP contribution in [0.2, 0.25) is 0 Å². The van der Waals surface area contributed by atoms with Crippen molar-refractivity contribution in [2.45, 2.75) is 78.1 Å². The van der Waals surface area contributed by atoms with E-state index in [9.17, 15) is 9.59 Å². The standard InChI is InChI=1S/C22H35NO3/c1-3-5-6-7-8-9-10-11-18-26-21(24)16-17-23-22(25)20-14-12-19(4-2)13-15-20/h12-15H,3-11,16-18H2,1-2H3,(H,23,25). The number of rotatable bonds is 14. The Hall–Kier alpha value is -1.84. The smallest absolute Gasteiger partial charge is 0.307 e. The van der Waals surface area contributed by atoms with E-state index in [1.165, 1.54) is 44.1 Å². The lowest BCUT2D eigenvalue weighted by Gasteiger charge is -2.07. The van der Waals surface area contributed by atoms with Gasteiger partial charge in [0.25, 0.3) is 5.91 Å². The first-order chi connectivity index (χ1) is 12.7. The zero-order valence-electron chi connectivity index (χ0n) is 16.5. The number of esters is 1. The number of aryl methyl sites for hydroxylation is 1. The SMILES string of the molecule is CCCCCCCCCCOC(=O)CCNC(=O)c1ccc(CC)cc1. The van der Waals surface area contributed by atoms with Crippen molar-refractivity contribution in [3.05, 3.63) is 35.4 Å². The molecule has 1 rings (SSSR count). The van der Waals surface area contributed by atoms with E-state index in [1.54, 1.807) is 0 Å². The summed E-state index contributed by atoms with van der Waals surface area (Å²) < 4.78 is 5.21. The van der Waals surface area contributed by atoms with Crippen LogP contribution in [-0.2, 0) is 16.0 Å². The van der Waals surface area contributed by atoms with Gasteiger partial charge < -0.3 is 10.1 Å². The zero-order chi connectivity index (χ0) is 19.0. The van der Waals surface area contributed by atoms with Crippen LogP contribution in [0, 0.1) is 0 Å². The van der Waals surface area contributed by atoms with Crippen LogP contribution in [0.3, 0.4) is 0 Å². The minimum Gasteiger partial charge on any atom is -0.466 e. The van der Waals surface area contributed by atoms with Gasteiger partial charge in [0.1, 0.15) is 0 Å². The average molecular weight is 362 g/mol. The number of carbonyl (C=O) groups excluding carboxylic acids is 2. The van der Waals surface area contributed by atoms with Crippen LogP contribution in [0.4, 0.5) is 0 Å². The third kappa shape index (κ3) is 10.2. The van der Waals surface area contributed by atoms with Crippen LogP contribution in [0.1, 0.15) is 87.6 Å². The van der Waals surface area contributed by atoms with E-state index in [1.807, 2.05) is 24.3 Å². The number of benzene rings is 1. The highest BCUT2D eigenvalue weighted by Crippen LogP contribution is 2.08. The van der Waals surface area contributed by atoms with Crippen LogP contribution in [0.15, 0.2) is 24.3 Å². The lowest BCUT2D eigenvalue weighted by Crippen LogP contribution is -2.26. The Bertz CT molecular complexity index is 511. The van der Waals surface area contributed by atoms with Gasteiger partial charge in [-0.15, -0.1) is 0 Å². The molecule has 1 aromatic carbocycles. The maximum Gasteiger partial charge on any atom is 0.307 e. The summed E-state index contributed by atoms with van der Waals surface area (Å²) in [5.74, 6) is -0.391. The minimum absolute atomic E-state index is 0.150. The third-order valence-corrected chi connectivity index (χ3v) is 4.50. The molecule has 0 atom stereocenters. The topological polar surface area (TPSA) is 55.4 Å². The molecule has 1 aromatic rings. The molecule has 1 N–H and O–H groups in total. The second kappa shape index (κ2) is 14.3. The van der Waals surface area contributed by atoms with E-state index in [2.05, 4.69) is 19.2 Å². The molecule has 0 aliphatic carbocycles. The Morgan fingerprint density at radius 2 is 1.50 bits per heavy atom. The highest BCUT2D eigenvalue weighted by atomic mass is 16.5. The summed E-state index contributed by atoms with van der Waals surface area (Å²) in [6.07, 6.45) is 11.0. The molecule has 0 aliphatic heterocycles. The summed E-state index contributed by atoms with van der Waals surface area (Å²) >= 11 is 0. The summed E-state index contributed by atoms with van der Waals surface area (Å²) in [5, 5.41) is 2.76. The van der Waals surface area contributed by atoms with Gasteiger partial charge in [-0.2, -0.15) is 0 Å². The molecule has 0 aromatic heterocycles. The molecular formula is C22H35NO3. The van der Waals surface area contributed by atoms with E-state index in [4.69, 9.17) is 4.74 Å². The average Bonchev–Trinajstić information content (AvgIpc) is 2.66. The lowest BCUT2D eigenvalue weighted by atomic mass is 10.1. The molecular weight excluding hydrogens is 326 g/mol. The second-order valence-corrected chi connectivity index (χ2v) is 6.75. The molecule has 4 heteroatoms. The molecule has 0 bridgehead atoms. The molecule has 146 valence electrons. The van der Waals surface area contributed by atoms with E-state index in [0.29, 0.717) is 18.7 Å². The molecule has 0 heterocycles. The first-order valence-corrected chi connectivity index (χ1v) is 10.2. The summed E-state index contributed by atoms with van der Waals surface area (Å²) in [5.41, 5.74) is 1.82. The number of unbranched alkanes of at least 4 members (excludes halogenated alkanes) is 7. The zero-order valence-corrected chi connectivity index (χ0v) is 16.5. The molecule has 0 radical (unpaired) electrons. The molecule has 4 nitrogen and oxygen atoms in total. The molecule has 0 saturated carbocycles. The van der Waals surface area contributed by atoms with Crippen LogP contribution in [0.5, 0.6) is 0 Å². The highest BCUT2D eigenvalue weighted by Gasteiger charge is 2.07. The van der Waals surface area contributed by atoms with Crippen molar-refractivity contribution < 1.29 is 14.3 Å². The normalized spacial score (nSPS) is 10.5. The van der Waals surface area contributed by atoms with Gasteiger partial charge in [-0.3, -0.25) is 9.59 Å². The molecule has 0 spiro atoms. The van der Waals surface area contributed by atoms with Crippen molar-refractivity contribution in [2.24, 2.45) is 0 Å². The molecule has 0 fully saturated rings. The molecule has 0 saturated heterocycles. The maximum atomic E-state index is 12.0. The number of ether oxygens (including phenoxy) is 1. The van der Waals surface area contributed by atoms with Gasteiger partial charge in [0.2, 0.25) is 0 Å². The van der Waals surface area contributed by atoms with Gasteiger partial charge >= 0.3 is 5.97 Å². The van der Waals surface area contributed by atoms with Crippen LogP contribution < -0.4 is 5.32 Å². The fourth-order valence-electron chi connectivity index (χ4n) is 2.77. The van der Waals surface area contributed by atoms with Crippen molar-refractivity contribution in [1.29, 1.82) is 0 Å². The maximum absolute atomic E-state index is 12.0. The Balaban J connectivity index is 2.01. The van der Waals surface area contributed by atoms with Crippen LogP contribution >= 0.6 is 0 Å². The summed E-state index contributed by atoms with van der Waals surface area (Å²) in [7, 11) is 0. The minimum atomic E-state index is -0.241. The third-order valence-electron chi connectivity index (χ3n) is 4.50. The van der Waals surface area contributed by atoms with Crippen molar-refractivity contribution in [3.8, 4) is 0 Å². The number of carbonyl (C=O) groups is 2. The van der Waals surface area contributed by atoms with Crippen molar-refractivity contribution >= 4 is 11.9 Å². The second-order valence-electron chi connectivity index (χ2n) is 6.75. The largest absolute Gasteiger partial charge is 0.466 e. The van der Waals surface area contributed by atoms with Gasteiger partial charge in [-0.05, 0) is 30.5 Å². The van der Waals surface area contributed by atoms with Crippen molar-refractivity contribution in [1.82, 2.24) is 5.32 Å². The van der Waals surface area contributed by atoms with Crippen molar-refractivity contribution in [2.75, 3.05) is 13.2 Å². The van der Waals surface area contributed by atoms with Crippen molar-refractivity contribution in [3.63, 3.8) is 0 Å². The first-order valence-electron chi connectivity index (χ1n) is 10.2. The predicted molar refractivity (Wildman–Crippen MR) is 106 cm³/mol. The number of hydrogen-bond acceptors (Lipinski definition) is 3. The summed E-state index contributed by atoms with van der Waals surface area (Å²) in [6, 6.07) is 7.53. The molecule has 0 aliphatic rings. The summed E-state index contributed by atoms with van der Waals surface area (Å²) in [6.45, 7) is 5.10. The van der Waals surface area contributed by atoms with Gasteiger partial charge in [-0.25, -0.2) is 0 Å². The van der Waals surface area contributed by atoms with Crippen LogP contribution in [-0.4, -0.2) is 25.0 Å². The van der Waals surface area contributed by atoms with Gasteiger partial charge in [0.05, 0.1) is 13.0 Å². The van der Waals surface area contributed by atoms with E-state index in [-0.39, 0.29) is 18.3 Å². The Labute approximate surface area is 158 Å². The summed E-state index contributed by atoms with van der Waals surface area (Å²) in [4.78, 5) is 23.7. The Morgan fingerprint density at radius 3 is 2.12 bits per heavy atom. The number of nitrogens with one attached hydrogen (secondary N) is 1. The highest BCUT2D eigenvalue weighted by molar-refractivity contribution is 5.94. The lowest BCUT2D eigenvalue weighted by molar-refractivity contribution is -0.143. The monoisotopic (exact) mass is 361 g/mol. The molecule has 26 heavy (non-hydrogen) atoms. The molecule has 1 amide bonds. The Morgan fingerprint density at radius 1 is 0.885 bits per heavy atom. The predicted octanol–water partition coefficient (Wildman–Crippen LogP) is 5.05. The number of amides is 1. The fourth-order valence-corrected chi connectivity index (χ4v) is 2.77. The van der Waals surface area contributed by atoms with E-state index >= 15 is 0 Å². The van der Waals surface area contributed by atoms with Crippen LogP contribution in [0.25, 0.3) is 0 Å².